The molecule has 0 N–H and O–H groups in total. The molecule has 0 aliphatic carbocycles. The highest BCUT2D eigenvalue weighted by atomic mass is 16.2. The summed E-state index contributed by atoms with van der Waals surface area (Å²) in [6.07, 6.45) is 2.19. The van der Waals surface area contributed by atoms with Gasteiger partial charge in [-0.15, -0.1) is 0 Å². The van der Waals surface area contributed by atoms with E-state index in [1.165, 1.54) is 0 Å². The molecule has 6 heteroatoms. The molecule has 6 rings (SSSR count). The fraction of sp³-hybridized carbons (Fsp3) is 0.303. The Kier molecular flexibility index (Phi) is 7.00. The lowest BCUT2D eigenvalue weighted by Gasteiger charge is -2.43. The maximum atomic E-state index is 13.9. The van der Waals surface area contributed by atoms with Crippen molar-refractivity contribution in [1.82, 2.24) is 14.7 Å². The first-order valence-corrected chi connectivity index (χ1v) is 13.8. The number of hydrogen-bond donors (Lipinski definition) is 0. The highest BCUT2D eigenvalue weighted by Gasteiger charge is 2.31. The minimum absolute atomic E-state index is 0.0472. The van der Waals surface area contributed by atoms with Crippen LogP contribution in [0, 0.1) is 11.3 Å². The molecule has 2 heterocycles. The molecule has 4 aromatic carbocycles. The van der Waals surface area contributed by atoms with E-state index in [1.807, 2.05) is 58.3 Å². The van der Waals surface area contributed by atoms with Crippen LogP contribution in [0.2, 0.25) is 0 Å². The van der Waals surface area contributed by atoms with Gasteiger partial charge in [-0.2, -0.15) is 5.26 Å². The first-order valence-electron chi connectivity index (χ1n) is 13.8. The van der Waals surface area contributed by atoms with Crippen molar-refractivity contribution in [3.05, 3.63) is 95.6 Å². The second-order valence-electron chi connectivity index (χ2n) is 10.6. The smallest absolute Gasteiger partial charge is 0.255 e. The second-order valence-corrected chi connectivity index (χ2v) is 10.6. The highest BCUT2D eigenvalue weighted by Crippen LogP contribution is 2.30. The number of carbonyl (C=O) groups is 2. The van der Waals surface area contributed by atoms with Crippen LogP contribution in [0.25, 0.3) is 21.5 Å². The fourth-order valence-electron chi connectivity index (χ4n) is 6.21. The zero-order chi connectivity index (χ0) is 26.8. The van der Waals surface area contributed by atoms with Gasteiger partial charge >= 0.3 is 0 Å². The van der Waals surface area contributed by atoms with Crippen molar-refractivity contribution in [2.75, 3.05) is 39.3 Å². The van der Waals surface area contributed by atoms with Crippen LogP contribution in [0.15, 0.2) is 78.9 Å². The van der Waals surface area contributed by atoms with Gasteiger partial charge in [0.05, 0.1) is 18.1 Å². The van der Waals surface area contributed by atoms with E-state index in [0.717, 1.165) is 71.7 Å². The van der Waals surface area contributed by atoms with Gasteiger partial charge in [-0.3, -0.25) is 14.5 Å². The predicted molar refractivity (Wildman–Crippen MR) is 154 cm³/mol. The number of likely N-dealkylation sites (tertiary alicyclic amines) is 1. The number of carbonyl (C=O) groups excluding carboxylic acids is 2. The lowest BCUT2D eigenvalue weighted by Crippen LogP contribution is -2.54. The third kappa shape index (κ3) is 4.98. The van der Waals surface area contributed by atoms with Gasteiger partial charge < -0.3 is 9.80 Å². The lowest BCUT2D eigenvalue weighted by molar-refractivity contribution is 0.0414. The van der Waals surface area contributed by atoms with Gasteiger partial charge in [0.2, 0.25) is 0 Å². The summed E-state index contributed by atoms with van der Waals surface area (Å²) in [4.78, 5) is 33.4. The van der Waals surface area contributed by atoms with Gasteiger partial charge in [0.25, 0.3) is 11.8 Å². The van der Waals surface area contributed by atoms with E-state index in [1.54, 1.807) is 0 Å². The summed E-state index contributed by atoms with van der Waals surface area (Å²) in [5.74, 6) is 0.160. The molecular formula is C33H32N4O2. The predicted octanol–water partition coefficient (Wildman–Crippen LogP) is 5.12. The number of nitrogens with zero attached hydrogens (tertiary/aromatic N) is 4. The Bertz CT molecular complexity index is 1520. The molecule has 0 unspecified atom stereocenters. The number of benzene rings is 4. The van der Waals surface area contributed by atoms with E-state index in [4.69, 9.17) is 5.26 Å². The van der Waals surface area contributed by atoms with Crippen molar-refractivity contribution >= 4 is 33.4 Å². The zero-order valence-electron chi connectivity index (χ0n) is 22.1. The normalized spacial score (nSPS) is 16.9. The fourth-order valence-corrected chi connectivity index (χ4v) is 6.21. The Morgan fingerprint density at radius 3 is 1.97 bits per heavy atom. The molecule has 2 fully saturated rings. The molecule has 196 valence electrons. The third-order valence-electron chi connectivity index (χ3n) is 8.31. The van der Waals surface area contributed by atoms with E-state index in [2.05, 4.69) is 41.3 Å². The van der Waals surface area contributed by atoms with Crippen molar-refractivity contribution in [1.29, 1.82) is 5.26 Å². The van der Waals surface area contributed by atoms with Crippen LogP contribution in [0.5, 0.6) is 0 Å². The quantitative estimate of drug-likeness (QED) is 0.353. The summed E-state index contributed by atoms with van der Waals surface area (Å²) in [5, 5.41) is 13.2. The summed E-state index contributed by atoms with van der Waals surface area (Å²) < 4.78 is 0. The number of hydrogen-bond acceptors (Lipinski definition) is 4. The molecular weight excluding hydrogens is 484 g/mol. The summed E-state index contributed by atoms with van der Waals surface area (Å²) in [6, 6.07) is 28.5. The van der Waals surface area contributed by atoms with E-state index >= 15 is 0 Å². The lowest BCUT2D eigenvalue weighted by atomic mass is 9.95. The molecule has 6 nitrogen and oxygen atoms in total. The van der Waals surface area contributed by atoms with Crippen LogP contribution in [0.1, 0.15) is 39.1 Å². The minimum Gasteiger partial charge on any atom is -0.339 e. The van der Waals surface area contributed by atoms with Crippen LogP contribution in [-0.2, 0) is 6.42 Å². The monoisotopic (exact) mass is 516 g/mol. The average Bonchev–Trinajstić information content (AvgIpc) is 2.99. The molecule has 0 spiro atoms. The van der Waals surface area contributed by atoms with E-state index in [0.29, 0.717) is 31.1 Å². The van der Waals surface area contributed by atoms with Crippen LogP contribution in [-0.4, -0.2) is 71.8 Å². The molecule has 2 saturated heterocycles. The third-order valence-corrected chi connectivity index (χ3v) is 8.31. The molecule has 2 aliphatic heterocycles. The van der Waals surface area contributed by atoms with E-state index in [9.17, 15) is 9.59 Å². The van der Waals surface area contributed by atoms with Crippen molar-refractivity contribution < 1.29 is 9.59 Å². The zero-order valence-corrected chi connectivity index (χ0v) is 22.1. The van der Waals surface area contributed by atoms with Crippen molar-refractivity contribution in [3.63, 3.8) is 0 Å². The van der Waals surface area contributed by atoms with Crippen LogP contribution >= 0.6 is 0 Å². The van der Waals surface area contributed by atoms with E-state index in [-0.39, 0.29) is 11.8 Å². The molecule has 0 atom stereocenters. The Labute approximate surface area is 229 Å². The van der Waals surface area contributed by atoms with Crippen molar-refractivity contribution in [2.45, 2.75) is 25.3 Å². The van der Waals surface area contributed by atoms with Gasteiger partial charge in [0.15, 0.2) is 0 Å². The largest absolute Gasteiger partial charge is 0.339 e. The summed E-state index contributed by atoms with van der Waals surface area (Å²) in [5.41, 5.74) is 2.35. The number of fused-ring (bicyclic) bond motifs is 2. The second kappa shape index (κ2) is 10.9. The van der Waals surface area contributed by atoms with Crippen molar-refractivity contribution in [2.24, 2.45) is 0 Å². The highest BCUT2D eigenvalue weighted by molar-refractivity contribution is 6.18. The molecule has 2 aliphatic rings. The minimum atomic E-state index is 0.0472. The van der Waals surface area contributed by atoms with E-state index < -0.39 is 0 Å². The first kappa shape index (κ1) is 25.1. The van der Waals surface area contributed by atoms with Crippen LogP contribution < -0.4 is 0 Å². The topological polar surface area (TPSA) is 67.7 Å². The van der Waals surface area contributed by atoms with Gasteiger partial charge in [-0.05, 0) is 58.1 Å². The SMILES string of the molecule is N#CCc1cccc(C(=O)N2CCC(N3CCN(C(=O)c4c5ccccc5cc5ccccc45)CC3)CC2)c1. The average molecular weight is 517 g/mol. The molecule has 0 aromatic heterocycles. The van der Waals surface area contributed by atoms with Gasteiger partial charge in [-0.1, -0.05) is 60.7 Å². The molecule has 2 amide bonds. The number of piperazine rings is 1. The number of piperidine rings is 1. The molecule has 39 heavy (non-hydrogen) atoms. The Balaban J connectivity index is 1.09. The number of rotatable bonds is 4. The Morgan fingerprint density at radius 2 is 1.33 bits per heavy atom. The maximum absolute atomic E-state index is 13.9. The van der Waals surface area contributed by atoms with Gasteiger partial charge in [0.1, 0.15) is 0 Å². The summed E-state index contributed by atoms with van der Waals surface area (Å²) in [7, 11) is 0. The van der Waals surface area contributed by atoms with Crippen molar-refractivity contribution in [3.8, 4) is 6.07 Å². The molecule has 4 aromatic rings. The summed E-state index contributed by atoms with van der Waals surface area (Å²) >= 11 is 0. The molecule has 0 bridgehead atoms. The standard InChI is InChI=1S/C33H32N4O2/c34-15-12-24-6-5-9-27(22-24)32(38)36-16-13-28(14-17-36)35-18-20-37(21-19-35)33(39)31-29-10-3-1-7-25(29)23-26-8-2-4-11-30(26)31/h1-11,22-23,28H,12-14,16-21H2. The number of amides is 2. The van der Waals surface area contributed by atoms with Crippen LogP contribution in [0.4, 0.5) is 0 Å². The molecule has 0 radical (unpaired) electrons. The molecule has 0 saturated carbocycles. The Hall–Kier alpha value is -4.21. The number of nitriles is 1. The first-order chi connectivity index (χ1) is 19.1. The van der Waals surface area contributed by atoms with Gasteiger partial charge in [-0.25, -0.2) is 0 Å². The summed E-state index contributed by atoms with van der Waals surface area (Å²) in [6.45, 7) is 4.58. The Morgan fingerprint density at radius 1 is 0.718 bits per heavy atom. The van der Waals surface area contributed by atoms with Crippen LogP contribution in [0.3, 0.4) is 0 Å². The van der Waals surface area contributed by atoms with Gasteiger partial charge in [0, 0.05) is 50.9 Å². The maximum Gasteiger partial charge on any atom is 0.255 e.